The zero-order chi connectivity index (χ0) is 20.7. The second-order valence-corrected chi connectivity index (χ2v) is 5.93. The summed E-state index contributed by atoms with van der Waals surface area (Å²) in [6, 6.07) is 23.7. The Balaban J connectivity index is 0.000000345. The quantitative estimate of drug-likeness (QED) is 0.665. The third kappa shape index (κ3) is 5.57. The molecule has 2 N–H and O–H groups in total. The van der Waals surface area contributed by atoms with Crippen LogP contribution in [0.2, 0.25) is 0 Å². The smallest absolute Gasteiger partial charge is 0.475 e. The van der Waals surface area contributed by atoms with Crippen molar-refractivity contribution in [3.05, 3.63) is 83.9 Å². The SMILES string of the molecule is CC(NC(=O)c1ccccc1)c1cccc2ccccc12.O=C(O)C(F)(F)F. The van der Waals surface area contributed by atoms with Gasteiger partial charge in [-0.15, -0.1) is 0 Å². The van der Waals surface area contributed by atoms with Gasteiger partial charge in [0.05, 0.1) is 6.04 Å². The molecule has 3 rings (SSSR count). The van der Waals surface area contributed by atoms with Gasteiger partial charge in [-0.05, 0) is 35.4 Å². The van der Waals surface area contributed by atoms with E-state index in [0.717, 1.165) is 5.56 Å². The molecule has 0 aromatic heterocycles. The van der Waals surface area contributed by atoms with Crippen molar-refractivity contribution in [2.24, 2.45) is 0 Å². The van der Waals surface area contributed by atoms with Crippen molar-refractivity contribution >= 4 is 22.6 Å². The maximum absolute atomic E-state index is 12.3. The molecule has 7 heteroatoms. The first-order valence-corrected chi connectivity index (χ1v) is 8.34. The Kier molecular flexibility index (Phi) is 6.76. The highest BCUT2D eigenvalue weighted by Gasteiger charge is 2.38. The third-order valence-corrected chi connectivity index (χ3v) is 3.92. The number of halogens is 3. The minimum atomic E-state index is -5.08. The molecule has 0 spiro atoms. The van der Waals surface area contributed by atoms with Crippen molar-refractivity contribution in [1.29, 1.82) is 0 Å². The lowest BCUT2D eigenvalue weighted by Crippen LogP contribution is -2.26. The fraction of sp³-hybridized carbons (Fsp3) is 0.143. The lowest BCUT2D eigenvalue weighted by molar-refractivity contribution is -0.192. The molecule has 0 aliphatic heterocycles. The monoisotopic (exact) mass is 389 g/mol. The van der Waals surface area contributed by atoms with Crippen molar-refractivity contribution in [2.45, 2.75) is 19.1 Å². The second kappa shape index (κ2) is 9.03. The van der Waals surface area contributed by atoms with Gasteiger partial charge in [0, 0.05) is 5.56 Å². The van der Waals surface area contributed by atoms with E-state index in [0.29, 0.717) is 5.56 Å². The zero-order valence-corrected chi connectivity index (χ0v) is 14.9. The normalized spacial score (nSPS) is 11.9. The second-order valence-electron chi connectivity index (χ2n) is 5.93. The highest BCUT2D eigenvalue weighted by atomic mass is 19.4. The average molecular weight is 389 g/mol. The van der Waals surface area contributed by atoms with Gasteiger partial charge in [-0.2, -0.15) is 13.2 Å². The number of aliphatic carboxylic acids is 1. The topological polar surface area (TPSA) is 66.4 Å². The highest BCUT2D eigenvalue weighted by Crippen LogP contribution is 2.24. The summed E-state index contributed by atoms with van der Waals surface area (Å²) in [6.07, 6.45) is -5.08. The van der Waals surface area contributed by atoms with Crippen LogP contribution in [0.1, 0.15) is 28.9 Å². The molecule has 3 aromatic rings. The van der Waals surface area contributed by atoms with Gasteiger partial charge in [0.25, 0.3) is 5.91 Å². The van der Waals surface area contributed by atoms with Crippen LogP contribution >= 0.6 is 0 Å². The molecule has 3 aromatic carbocycles. The standard InChI is InChI=1S/C19H17NO.C2HF3O2/c1-14(20-19(21)16-9-3-2-4-10-16)17-13-7-11-15-8-5-6-12-18(15)17;3-2(4,5)1(6)7/h2-14H,1H3,(H,20,21);(H,6,7). The predicted molar refractivity (Wildman–Crippen MR) is 100.0 cm³/mol. The molecular weight excluding hydrogens is 371 g/mol. The van der Waals surface area contributed by atoms with Crippen LogP contribution in [0.5, 0.6) is 0 Å². The molecule has 0 saturated heterocycles. The number of hydrogen-bond donors (Lipinski definition) is 2. The molecule has 0 saturated carbocycles. The van der Waals surface area contributed by atoms with Crippen LogP contribution in [0.15, 0.2) is 72.8 Å². The highest BCUT2D eigenvalue weighted by molar-refractivity contribution is 5.95. The van der Waals surface area contributed by atoms with Crippen molar-refractivity contribution in [3.63, 3.8) is 0 Å². The lowest BCUT2D eigenvalue weighted by atomic mass is 9.99. The molecule has 0 radical (unpaired) electrons. The summed E-state index contributed by atoms with van der Waals surface area (Å²) in [5.41, 5.74) is 1.82. The van der Waals surface area contributed by atoms with Crippen LogP contribution in [0.25, 0.3) is 10.8 Å². The van der Waals surface area contributed by atoms with E-state index in [2.05, 4.69) is 29.6 Å². The van der Waals surface area contributed by atoms with Gasteiger partial charge in [0.2, 0.25) is 0 Å². The Morgan fingerprint density at radius 3 is 2.04 bits per heavy atom. The van der Waals surface area contributed by atoms with Crippen LogP contribution in [0, 0.1) is 0 Å². The number of alkyl halides is 3. The molecule has 146 valence electrons. The van der Waals surface area contributed by atoms with Gasteiger partial charge < -0.3 is 10.4 Å². The van der Waals surface area contributed by atoms with Gasteiger partial charge >= 0.3 is 12.1 Å². The fourth-order valence-electron chi connectivity index (χ4n) is 2.58. The number of carbonyl (C=O) groups is 2. The van der Waals surface area contributed by atoms with Crippen LogP contribution in [-0.2, 0) is 4.79 Å². The largest absolute Gasteiger partial charge is 0.490 e. The van der Waals surface area contributed by atoms with Crippen molar-refractivity contribution < 1.29 is 27.9 Å². The fourth-order valence-corrected chi connectivity index (χ4v) is 2.58. The summed E-state index contributed by atoms with van der Waals surface area (Å²) in [7, 11) is 0. The van der Waals surface area contributed by atoms with Crippen molar-refractivity contribution in [1.82, 2.24) is 5.32 Å². The third-order valence-electron chi connectivity index (χ3n) is 3.92. The zero-order valence-electron chi connectivity index (χ0n) is 14.9. The minimum absolute atomic E-state index is 0.0381. The molecular formula is C21H18F3NO3. The predicted octanol–water partition coefficient (Wildman–Crippen LogP) is 4.96. The number of carboxylic acid groups (broad SMARTS) is 1. The first-order valence-electron chi connectivity index (χ1n) is 8.34. The Morgan fingerprint density at radius 1 is 0.893 bits per heavy atom. The van der Waals surface area contributed by atoms with E-state index >= 15 is 0 Å². The summed E-state index contributed by atoms with van der Waals surface area (Å²) < 4.78 is 31.7. The molecule has 1 atom stereocenters. The lowest BCUT2D eigenvalue weighted by Gasteiger charge is -2.16. The number of carboxylic acids is 1. The summed E-state index contributed by atoms with van der Waals surface area (Å²) in [4.78, 5) is 21.1. The van der Waals surface area contributed by atoms with Crippen LogP contribution < -0.4 is 5.32 Å². The molecule has 0 aliphatic rings. The van der Waals surface area contributed by atoms with Gasteiger partial charge in [0.1, 0.15) is 0 Å². The number of hydrogen-bond acceptors (Lipinski definition) is 2. The number of rotatable bonds is 3. The van der Waals surface area contributed by atoms with Crippen LogP contribution in [0.3, 0.4) is 0 Å². The van der Waals surface area contributed by atoms with Crippen LogP contribution in [0.4, 0.5) is 13.2 Å². The number of amides is 1. The maximum Gasteiger partial charge on any atom is 0.490 e. The first kappa shape index (κ1) is 21.0. The van der Waals surface area contributed by atoms with Gasteiger partial charge in [-0.3, -0.25) is 4.79 Å². The van der Waals surface area contributed by atoms with E-state index in [-0.39, 0.29) is 11.9 Å². The van der Waals surface area contributed by atoms with E-state index < -0.39 is 12.1 Å². The molecule has 0 bridgehead atoms. The number of benzene rings is 3. The van der Waals surface area contributed by atoms with Gasteiger partial charge in [-0.1, -0.05) is 60.7 Å². The van der Waals surface area contributed by atoms with E-state index in [1.165, 1.54) is 10.8 Å². The van der Waals surface area contributed by atoms with Gasteiger partial charge in [-0.25, -0.2) is 4.79 Å². The maximum atomic E-state index is 12.3. The molecule has 0 aliphatic carbocycles. The molecule has 1 unspecified atom stereocenters. The van der Waals surface area contributed by atoms with E-state index in [1.54, 1.807) is 0 Å². The Hall–Kier alpha value is -3.35. The van der Waals surface area contributed by atoms with E-state index in [1.807, 2.05) is 55.5 Å². The van der Waals surface area contributed by atoms with Crippen molar-refractivity contribution in [3.8, 4) is 0 Å². The molecule has 0 heterocycles. The summed E-state index contributed by atoms with van der Waals surface area (Å²) in [5.74, 6) is -2.80. The summed E-state index contributed by atoms with van der Waals surface area (Å²) in [6.45, 7) is 2.02. The van der Waals surface area contributed by atoms with Crippen molar-refractivity contribution in [2.75, 3.05) is 0 Å². The number of nitrogens with one attached hydrogen (secondary N) is 1. The minimum Gasteiger partial charge on any atom is -0.475 e. The first-order chi connectivity index (χ1) is 13.2. The Labute approximate surface area is 159 Å². The van der Waals surface area contributed by atoms with E-state index in [4.69, 9.17) is 9.90 Å². The summed E-state index contributed by atoms with van der Waals surface area (Å²) in [5, 5.41) is 12.6. The Bertz CT molecular complexity index is 951. The van der Waals surface area contributed by atoms with Gasteiger partial charge in [0.15, 0.2) is 0 Å². The average Bonchev–Trinajstić information content (AvgIpc) is 2.68. The summed E-state index contributed by atoms with van der Waals surface area (Å²) >= 11 is 0. The molecule has 28 heavy (non-hydrogen) atoms. The number of fused-ring (bicyclic) bond motifs is 1. The Morgan fingerprint density at radius 2 is 1.43 bits per heavy atom. The van der Waals surface area contributed by atoms with Crippen LogP contribution in [-0.4, -0.2) is 23.2 Å². The molecule has 1 amide bonds. The molecule has 0 fully saturated rings. The number of carbonyl (C=O) groups excluding carboxylic acids is 1. The van der Waals surface area contributed by atoms with E-state index in [9.17, 15) is 18.0 Å². The molecule has 4 nitrogen and oxygen atoms in total.